The standard InChI is InChI=1S/C15H21N3O3/c16-12-7-3-4-10(14(12)15(20)21)8-18(9-13(17)19)11-5-1-2-6-11/h3-4,7,11H,1-2,5-6,8-9,16H2,(H2,17,19)(H,20,21). The molecule has 1 saturated carbocycles. The zero-order chi connectivity index (χ0) is 15.4. The van der Waals surface area contributed by atoms with Crippen LogP contribution >= 0.6 is 0 Å². The lowest BCUT2D eigenvalue weighted by Crippen LogP contribution is -2.39. The van der Waals surface area contributed by atoms with E-state index >= 15 is 0 Å². The summed E-state index contributed by atoms with van der Waals surface area (Å²) in [6.45, 7) is 0.513. The molecule has 0 saturated heterocycles. The summed E-state index contributed by atoms with van der Waals surface area (Å²) in [5.41, 5.74) is 12.1. The largest absolute Gasteiger partial charge is 0.478 e. The molecule has 0 aliphatic heterocycles. The molecule has 1 aromatic carbocycles. The van der Waals surface area contributed by atoms with Crippen molar-refractivity contribution in [2.24, 2.45) is 5.73 Å². The van der Waals surface area contributed by atoms with Gasteiger partial charge in [-0.3, -0.25) is 9.69 Å². The van der Waals surface area contributed by atoms with Gasteiger partial charge in [0.05, 0.1) is 12.1 Å². The Labute approximate surface area is 123 Å². The van der Waals surface area contributed by atoms with Crippen LogP contribution in [-0.2, 0) is 11.3 Å². The Balaban J connectivity index is 2.25. The molecule has 5 N–H and O–H groups in total. The zero-order valence-electron chi connectivity index (χ0n) is 11.9. The number of carboxylic acids is 1. The second-order valence-corrected chi connectivity index (χ2v) is 5.50. The predicted octanol–water partition coefficient (Wildman–Crippen LogP) is 1.20. The highest BCUT2D eigenvalue weighted by Crippen LogP contribution is 2.26. The Bertz CT molecular complexity index is 539. The van der Waals surface area contributed by atoms with Gasteiger partial charge >= 0.3 is 5.97 Å². The quantitative estimate of drug-likeness (QED) is 0.682. The van der Waals surface area contributed by atoms with Gasteiger partial charge in [0, 0.05) is 18.3 Å². The minimum absolute atomic E-state index is 0.116. The van der Waals surface area contributed by atoms with Gasteiger partial charge < -0.3 is 16.6 Å². The zero-order valence-corrected chi connectivity index (χ0v) is 11.9. The molecule has 0 heterocycles. The first-order valence-corrected chi connectivity index (χ1v) is 7.12. The van der Waals surface area contributed by atoms with Crippen LogP contribution in [0.3, 0.4) is 0 Å². The molecule has 0 bridgehead atoms. The molecule has 0 unspecified atom stereocenters. The number of hydrogen-bond acceptors (Lipinski definition) is 4. The second kappa shape index (κ2) is 6.58. The van der Waals surface area contributed by atoms with Crippen LogP contribution in [0.2, 0.25) is 0 Å². The molecule has 0 spiro atoms. The number of nitrogens with zero attached hydrogens (tertiary/aromatic N) is 1. The highest BCUT2D eigenvalue weighted by atomic mass is 16.4. The molecule has 6 heteroatoms. The van der Waals surface area contributed by atoms with Gasteiger partial charge in [-0.25, -0.2) is 4.79 Å². The van der Waals surface area contributed by atoms with Gasteiger partial charge in [-0.05, 0) is 24.5 Å². The summed E-state index contributed by atoms with van der Waals surface area (Å²) < 4.78 is 0. The van der Waals surface area contributed by atoms with Gasteiger partial charge in [-0.15, -0.1) is 0 Å². The van der Waals surface area contributed by atoms with E-state index in [0.29, 0.717) is 12.1 Å². The Kier molecular flexibility index (Phi) is 4.80. The summed E-state index contributed by atoms with van der Waals surface area (Å²) in [5, 5.41) is 9.32. The minimum atomic E-state index is -1.05. The van der Waals surface area contributed by atoms with Crippen LogP contribution in [0.25, 0.3) is 0 Å². The average Bonchev–Trinajstić information content (AvgIpc) is 2.90. The van der Waals surface area contributed by atoms with Crippen LogP contribution < -0.4 is 11.5 Å². The lowest BCUT2D eigenvalue weighted by molar-refractivity contribution is -0.119. The molecule has 21 heavy (non-hydrogen) atoms. The number of carbonyl (C=O) groups is 2. The van der Waals surface area contributed by atoms with Crippen LogP contribution in [0, 0.1) is 0 Å². The fraction of sp³-hybridized carbons (Fsp3) is 0.467. The van der Waals surface area contributed by atoms with E-state index in [1.54, 1.807) is 18.2 Å². The van der Waals surface area contributed by atoms with Crippen molar-refractivity contribution in [1.29, 1.82) is 0 Å². The van der Waals surface area contributed by atoms with Crippen LogP contribution in [0.4, 0.5) is 5.69 Å². The Morgan fingerprint density at radius 1 is 1.29 bits per heavy atom. The van der Waals surface area contributed by atoms with Crippen LogP contribution in [0.15, 0.2) is 18.2 Å². The van der Waals surface area contributed by atoms with E-state index in [4.69, 9.17) is 11.5 Å². The number of nitrogen functional groups attached to an aromatic ring is 1. The van der Waals surface area contributed by atoms with Crippen molar-refractivity contribution in [1.82, 2.24) is 4.90 Å². The van der Waals surface area contributed by atoms with Gasteiger partial charge in [0.2, 0.25) is 5.91 Å². The molecule has 1 amide bonds. The maximum Gasteiger partial charge on any atom is 0.338 e. The van der Waals surface area contributed by atoms with Gasteiger partial charge in [0.25, 0.3) is 0 Å². The summed E-state index contributed by atoms with van der Waals surface area (Å²) in [5.74, 6) is -1.45. The molecule has 0 atom stereocenters. The fourth-order valence-corrected chi connectivity index (χ4v) is 3.02. The Morgan fingerprint density at radius 3 is 2.52 bits per heavy atom. The maximum absolute atomic E-state index is 11.4. The molecule has 1 aliphatic carbocycles. The van der Waals surface area contributed by atoms with Gasteiger partial charge in [-0.2, -0.15) is 0 Å². The summed E-state index contributed by atoms with van der Waals surface area (Å²) in [6, 6.07) is 5.32. The maximum atomic E-state index is 11.4. The van der Waals surface area contributed by atoms with Crippen molar-refractivity contribution in [2.45, 2.75) is 38.3 Å². The van der Waals surface area contributed by atoms with E-state index in [0.717, 1.165) is 25.7 Å². The van der Waals surface area contributed by atoms with E-state index in [9.17, 15) is 14.7 Å². The molecule has 0 radical (unpaired) electrons. The molecular weight excluding hydrogens is 270 g/mol. The van der Waals surface area contributed by atoms with Crippen LogP contribution in [0.1, 0.15) is 41.6 Å². The molecule has 6 nitrogen and oxygen atoms in total. The molecule has 2 rings (SSSR count). The topological polar surface area (TPSA) is 110 Å². The third-order valence-corrected chi connectivity index (χ3v) is 3.97. The molecule has 1 fully saturated rings. The first-order valence-electron chi connectivity index (χ1n) is 7.12. The number of rotatable bonds is 6. The summed E-state index contributed by atoms with van der Waals surface area (Å²) in [6.07, 6.45) is 4.28. The normalized spacial score (nSPS) is 15.5. The first kappa shape index (κ1) is 15.3. The van der Waals surface area contributed by atoms with Gasteiger partial charge in [0.1, 0.15) is 0 Å². The summed E-state index contributed by atoms with van der Waals surface area (Å²) in [7, 11) is 0. The monoisotopic (exact) mass is 291 g/mol. The predicted molar refractivity (Wildman–Crippen MR) is 79.7 cm³/mol. The van der Waals surface area contributed by atoms with E-state index in [1.165, 1.54) is 0 Å². The number of nitrogens with two attached hydrogens (primary N) is 2. The van der Waals surface area contributed by atoms with Crippen molar-refractivity contribution < 1.29 is 14.7 Å². The number of hydrogen-bond donors (Lipinski definition) is 3. The van der Waals surface area contributed by atoms with E-state index < -0.39 is 11.9 Å². The number of carbonyl (C=O) groups excluding carboxylic acids is 1. The number of benzene rings is 1. The average molecular weight is 291 g/mol. The lowest BCUT2D eigenvalue weighted by atomic mass is 10.0. The highest BCUT2D eigenvalue weighted by molar-refractivity contribution is 5.95. The first-order chi connectivity index (χ1) is 9.99. The SMILES string of the molecule is NC(=O)CN(Cc1cccc(N)c1C(=O)O)C1CCCC1. The number of carboxylic acid groups (broad SMARTS) is 1. The van der Waals surface area contributed by atoms with Crippen molar-refractivity contribution >= 4 is 17.6 Å². The van der Waals surface area contributed by atoms with Crippen molar-refractivity contribution in [3.8, 4) is 0 Å². The highest BCUT2D eigenvalue weighted by Gasteiger charge is 2.25. The van der Waals surface area contributed by atoms with E-state index in [1.807, 2.05) is 4.90 Å². The smallest absolute Gasteiger partial charge is 0.338 e. The molecular formula is C15H21N3O3. The number of primary amides is 1. The lowest BCUT2D eigenvalue weighted by Gasteiger charge is -2.28. The number of amides is 1. The number of aromatic carboxylic acids is 1. The fourth-order valence-electron chi connectivity index (χ4n) is 3.02. The molecule has 0 aromatic heterocycles. The van der Waals surface area contributed by atoms with Crippen molar-refractivity contribution in [2.75, 3.05) is 12.3 Å². The Hall–Kier alpha value is -2.08. The molecule has 1 aromatic rings. The molecule has 1 aliphatic rings. The van der Waals surface area contributed by atoms with E-state index in [-0.39, 0.29) is 23.8 Å². The van der Waals surface area contributed by atoms with Gasteiger partial charge in [-0.1, -0.05) is 25.0 Å². The third-order valence-electron chi connectivity index (χ3n) is 3.97. The minimum Gasteiger partial charge on any atom is -0.478 e. The summed E-state index contributed by atoms with van der Waals surface area (Å²) in [4.78, 5) is 24.6. The molecule has 114 valence electrons. The Morgan fingerprint density at radius 2 is 1.95 bits per heavy atom. The van der Waals surface area contributed by atoms with E-state index in [2.05, 4.69) is 0 Å². The second-order valence-electron chi connectivity index (χ2n) is 5.50. The van der Waals surface area contributed by atoms with Crippen molar-refractivity contribution in [3.05, 3.63) is 29.3 Å². The number of anilines is 1. The van der Waals surface area contributed by atoms with Crippen molar-refractivity contribution in [3.63, 3.8) is 0 Å². The summed E-state index contributed by atoms with van der Waals surface area (Å²) >= 11 is 0. The third kappa shape index (κ3) is 3.72. The van der Waals surface area contributed by atoms with Crippen LogP contribution in [0.5, 0.6) is 0 Å². The van der Waals surface area contributed by atoms with Crippen LogP contribution in [-0.4, -0.2) is 34.5 Å². The van der Waals surface area contributed by atoms with Gasteiger partial charge in [0.15, 0.2) is 0 Å².